The van der Waals surface area contributed by atoms with Crippen LogP contribution in [0.1, 0.15) is 54.4 Å². The number of aromatic nitrogens is 2. The lowest BCUT2D eigenvalue weighted by Gasteiger charge is -2.24. The quantitative estimate of drug-likeness (QED) is 0.712. The maximum atomic E-state index is 13.4. The van der Waals surface area contributed by atoms with Gasteiger partial charge in [-0.15, -0.1) is 0 Å². The minimum Gasteiger partial charge on any atom is -0.373 e. The summed E-state index contributed by atoms with van der Waals surface area (Å²) in [5.74, 6) is 1.43. The number of hydrogen-bond donors (Lipinski definition) is 2. The molecule has 29 heavy (non-hydrogen) atoms. The van der Waals surface area contributed by atoms with Crippen molar-refractivity contribution in [2.75, 3.05) is 26.0 Å². The van der Waals surface area contributed by atoms with Crippen LogP contribution in [0.25, 0.3) is 0 Å². The summed E-state index contributed by atoms with van der Waals surface area (Å²) in [5.41, 5.74) is 2.62. The molecule has 1 aromatic carbocycles. The van der Waals surface area contributed by atoms with E-state index in [9.17, 15) is 9.18 Å². The van der Waals surface area contributed by atoms with Gasteiger partial charge < -0.3 is 15.5 Å². The molecule has 0 aliphatic carbocycles. The first-order valence-electron chi connectivity index (χ1n) is 10.3. The predicted octanol–water partition coefficient (Wildman–Crippen LogP) is 3.37. The number of carbonyl (C=O) groups excluding carboxylic acids is 1. The Kier molecular flexibility index (Phi) is 7.14. The van der Waals surface area contributed by atoms with Crippen LogP contribution < -0.4 is 10.6 Å². The van der Waals surface area contributed by atoms with Crippen LogP contribution in [0, 0.1) is 12.7 Å². The van der Waals surface area contributed by atoms with Crippen molar-refractivity contribution in [1.82, 2.24) is 20.2 Å². The van der Waals surface area contributed by atoms with E-state index in [4.69, 9.17) is 0 Å². The number of anilines is 1. The van der Waals surface area contributed by atoms with Gasteiger partial charge in [-0.05, 0) is 56.8 Å². The Morgan fingerprint density at radius 2 is 2.10 bits per heavy atom. The Balaban J connectivity index is 1.64. The van der Waals surface area contributed by atoms with Gasteiger partial charge >= 0.3 is 0 Å². The number of halogens is 1. The predicted molar refractivity (Wildman–Crippen MR) is 112 cm³/mol. The number of carbonyl (C=O) groups is 1. The Labute approximate surface area is 171 Å². The van der Waals surface area contributed by atoms with Gasteiger partial charge in [0.25, 0.3) is 0 Å². The van der Waals surface area contributed by atoms with E-state index in [2.05, 4.69) is 20.6 Å². The lowest BCUT2D eigenvalue weighted by molar-refractivity contribution is -0.132. The van der Waals surface area contributed by atoms with E-state index in [1.807, 2.05) is 31.1 Å². The van der Waals surface area contributed by atoms with E-state index >= 15 is 0 Å². The van der Waals surface area contributed by atoms with E-state index in [0.29, 0.717) is 24.4 Å². The summed E-state index contributed by atoms with van der Waals surface area (Å²) in [6, 6.07) is 7.01. The highest BCUT2D eigenvalue weighted by Gasteiger charge is 2.32. The van der Waals surface area contributed by atoms with Crippen LogP contribution in [-0.2, 0) is 17.8 Å². The summed E-state index contributed by atoms with van der Waals surface area (Å²) >= 11 is 0. The van der Waals surface area contributed by atoms with Crippen LogP contribution in [-0.4, -0.2) is 41.4 Å². The maximum Gasteiger partial charge on any atom is 0.223 e. The minimum atomic E-state index is -0.189. The molecule has 1 unspecified atom stereocenters. The summed E-state index contributed by atoms with van der Waals surface area (Å²) in [6.45, 7) is 3.16. The van der Waals surface area contributed by atoms with Crippen molar-refractivity contribution in [3.63, 3.8) is 0 Å². The SMILES string of the molecule is CNCc1cc(NC)nc(C2CCCN2C(=O)CCCc2ccc(F)c(C)c2)n1. The zero-order valence-electron chi connectivity index (χ0n) is 17.5. The van der Waals surface area contributed by atoms with Crippen molar-refractivity contribution in [3.05, 3.63) is 52.7 Å². The summed E-state index contributed by atoms with van der Waals surface area (Å²) in [6.07, 6.45) is 3.83. The van der Waals surface area contributed by atoms with E-state index in [1.54, 1.807) is 13.0 Å². The van der Waals surface area contributed by atoms with Crippen LogP contribution in [0.4, 0.5) is 10.2 Å². The largest absolute Gasteiger partial charge is 0.373 e. The molecule has 1 aliphatic rings. The lowest BCUT2D eigenvalue weighted by atomic mass is 10.0. The van der Waals surface area contributed by atoms with Gasteiger partial charge in [0.2, 0.25) is 5.91 Å². The standard InChI is InChI=1S/C22H30FN5O/c1-15-12-16(9-10-18(15)23)6-4-8-21(29)28-11-5-7-19(28)22-26-17(14-24-2)13-20(25-3)27-22/h9-10,12-13,19,24H,4-8,11,14H2,1-3H3,(H,25,26,27). The molecule has 0 radical (unpaired) electrons. The van der Waals surface area contributed by atoms with Crippen LogP contribution in [0.5, 0.6) is 0 Å². The van der Waals surface area contributed by atoms with Crippen molar-refractivity contribution < 1.29 is 9.18 Å². The highest BCUT2D eigenvalue weighted by molar-refractivity contribution is 5.77. The third kappa shape index (κ3) is 5.29. The van der Waals surface area contributed by atoms with Gasteiger partial charge in [0.1, 0.15) is 11.6 Å². The van der Waals surface area contributed by atoms with Crippen LogP contribution in [0.2, 0.25) is 0 Å². The van der Waals surface area contributed by atoms with Crippen molar-refractivity contribution in [2.45, 2.75) is 51.6 Å². The fourth-order valence-electron chi connectivity index (χ4n) is 3.85. The van der Waals surface area contributed by atoms with Crippen LogP contribution in [0.3, 0.4) is 0 Å². The summed E-state index contributed by atoms with van der Waals surface area (Å²) < 4.78 is 13.4. The second kappa shape index (κ2) is 9.78. The highest BCUT2D eigenvalue weighted by atomic mass is 19.1. The Bertz CT molecular complexity index is 857. The van der Waals surface area contributed by atoms with Gasteiger partial charge in [0.05, 0.1) is 11.7 Å². The molecular formula is C22H30FN5O. The monoisotopic (exact) mass is 399 g/mol. The molecule has 7 heteroatoms. The zero-order chi connectivity index (χ0) is 20.8. The Morgan fingerprint density at radius 3 is 2.83 bits per heavy atom. The van der Waals surface area contributed by atoms with Crippen LogP contribution in [0.15, 0.2) is 24.3 Å². The molecule has 1 atom stereocenters. The molecule has 0 saturated carbocycles. The highest BCUT2D eigenvalue weighted by Crippen LogP contribution is 2.31. The topological polar surface area (TPSA) is 70.2 Å². The Morgan fingerprint density at radius 1 is 1.28 bits per heavy atom. The number of nitrogens with one attached hydrogen (secondary N) is 2. The molecule has 1 fully saturated rings. The van der Waals surface area contributed by atoms with Crippen molar-refractivity contribution in [3.8, 4) is 0 Å². The van der Waals surface area contributed by atoms with E-state index in [-0.39, 0.29) is 17.8 Å². The number of aryl methyl sites for hydroxylation is 2. The molecule has 0 spiro atoms. The second-order valence-corrected chi connectivity index (χ2v) is 7.57. The van der Waals surface area contributed by atoms with Gasteiger partial charge in [0, 0.05) is 32.6 Å². The number of amides is 1. The third-order valence-corrected chi connectivity index (χ3v) is 5.36. The molecule has 3 rings (SSSR count). The van der Waals surface area contributed by atoms with Gasteiger partial charge in [-0.3, -0.25) is 4.79 Å². The van der Waals surface area contributed by atoms with Gasteiger partial charge in [-0.25, -0.2) is 14.4 Å². The molecule has 156 valence electrons. The first kappa shape index (κ1) is 21.2. The van der Waals surface area contributed by atoms with Crippen molar-refractivity contribution in [1.29, 1.82) is 0 Å². The normalized spacial score (nSPS) is 16.3. The van der Waals surface area contributed by atoms with E-state index < -0.39 is 0 Å². The fraction of sp³-hybridized carbons (Fsp3) is 0.500. The number of likely N-dealkylation sites (tertiary alicyclic amines) is 1. The van der Waals surface area contributed by atoms with E-state index in [1.165, 1.54) is 6.07 Å². The van der Waals surface area contributed by atoms with Gasteiger partial charge in [-0.2, -0.15) is 0 Å². The third-order valence-electron chi connectivity index (χ3n) is 5.36. The molecular weight excluding hydrogens is 369 g/mol. The zero-order valence-corrected chi connectivity index (χ0v) is 17.5. The number of nitrogens with zero attached hydrogens (tertiary/aromatic N) is 3. The molecule has 1 aromatic heterocycles. The molecule has 6 nitrogen and oxygen atoms in total. The molecule has 2 aromatic rings. The van der Waals surface area contributed by atoms with Crippen LogP contribution >= 0.6 is 0 Å². The number of hydrogen-bond acceptors (Lipinski definition) is 5. The second-order valence-electron chi connectivity index (χ2n) is 7.57. The molecule has 1 amide bonds. The summed E-state index contributed by atoms with van der Waals surface area (Å²) in [4.78, 5) is 24.1. The molecule has 2 N–H and O–H groups in total. The van der Waals surface area contributed by atoms with Gasteiger partial charge in [-0.1, -0.05) is 12.1 Å². The molecule has 0 bridgehead atoms. The average molecular weight is 400 g/mol. The van der Waals surface area contributed by atoms with E-state index in [0.717, 1.165) is 49.3 Å². The smallest absolute Gasteiger partial charge is 0.223 e. The Hall–Kier alpha value is -2.54. The molecule has 1 saturated heterocycles. The first-order valence-corrected chi connectivity index (χ1v) is 10.3. The molecule has 1 aliphatic heterocycles. The average Bonchev–Trinajstić information content (AvgIpc) is 3.20. The fourth-order valence-corrected chi connectivity index (χ4v) is 3.85. The summed E-state index contributed by atoms with van der Waals surface area (Å²) in [5, 5.41) is 6.20. The van der Waals surface area contributed by atoms with Crippen molar-refractivity contribution >= 4 is 11.7 Å². The lowest BCUT2D eigenvalue weighted by Crippen LogP contribution is -2.31. The maximum absolute atomic E-state index is 13.4. The van der Waals surface area contributed by atoms with Gasteiger partial charge in [0.15, 0.2) is 5.82 Å². The minimum absolute atomic E-state index is 0.0699. The number of benzene rings is 1. The first-order chi connectivity index (χ1) is 14.0. The number of rotatable bonds is 8. The van der Waals surface area contributed by atoms with Crippen molar-refractivity contribution in [2.24, 2.45) is 0 Å². The summed E-state index contributed by atoms with van der Waals surface area (Å²) in [7, 11) is 3.72. The molecule has 2 heterocycles.